The number of rotatable bonds is 8. The quantitative estimate of drug-likeness (QED) is 0.568. The first-order valence-corrected chi connectivity index (χ1v) is 10.5. The highest BCUT2D eigenvalue weighted by molar-refractivity contribution is 7.89. The van der Waals surface area contributed by atoms with Crippen LogP contribution in [0.25, 0.3) is 0 Å². The van der Waals surface area contributed by atoms with E-state index in [1.54, 1.807) is 24.3 Å². The van der Waals surface area contributed by atoms with E-state index in [4.69, 9.17) is 0 Å². The number of halogens is 1. The Labute approximate surface area is 168 Å². The zero-order chi connectivity index (χ0) is 19.2. The highest BCUT2D eigenvalue weighted by Gasteiger charge is 2.26. The van der Waals surface area contributed by atoms with E-state index in [1.807, 2.05) is 20.8 Å². The monoisotopic (exact) mass is 415 g/mol. The molecule has 0 spiro atoms. The number of amides is 1. The van der Waals surface area contributed by atoms with Crippen molar-refractivity contribution < 1.29 is 13.2 Å². The van der Waals surface area contributed by atoms with Crippen LogP contribution in [-0.4, -0.2) is 40.0 Å². The van der Waals surface area contributed by atoms with E-state index in [0.29, 0.717) is 13.0 Å². The predicted octanol–water partition coefficient (Wildman–Crippen LogP) is 2.15. The van der Waals surface area contributed by atoms with Crippen molar-refractivity contribution in [3.8, 4) is 0 Å². The fourth-order valence-electron chi connectivity index (χ4n) is 2.81. The molecule has 1 amide bonds. The number of carbonyl (C=O) groups excluding carboxylic acids is 1. The zero-order valence-electron chi connectivity index (χ0n) is 16.1. The molecule has 0 aliphatic carbocycles. The van der Waals surface area contributed by atoms with E-state index in [1.165, 1.54) is 5.57 Å². The molecule has 0 saturated heterocycles. The van der Waals surface area contributed by atoms with Crippen LogP contribution in [0.4, 0.5) is 0 Å². The van der Waals surface area contributed by atoms with Crippen LogP contribution < -0.4 is 15.4 Å². The third-order valence-electron chi connectivity index (χ3n) is 4.30. The maximum atomic E-state index is 12.6. The Balaban J connectivity index is 0.00000364. The Morgan fingerprint density at radius 1 is 1.22 bits per heavy atom. The lowest BCUT2D eigenvalue weighted by Crippen LogP contribution is -2.47. The van der Waals surface area contributed by atoms with Gasteiger partial charge in [0.15, 0.2) is 0 Å². The minimum absolute atomic E-state index is 0. The summed E-state index contributed by atoms with van der Waals surface area (Å²) in [5.74, 6) is -0.0987. The highest BCUT2D eigenvalue weighted by atomic mass is 35.5. The van der Waals surface area contributed by atoms with Gasteiger partial charge in [-0.05, 0) is 44.4 Å². The first-order valence-electron chi connectivity index (χ1n) is 9.03. The average molecular weight is 416 g/mol. The van der Waals surface area contributed by atoms with Gasteiger partial charge in [-0.25, -0.2) is 8.42 Å². The van der Waals surface area contributed by atoms with Gasteiger partial charge in [-0.15, -0.1) is 12.4 Å². The van der Waals surface area contributed by atoms with Gasteiger partial charge in [0.25, 0.3) is 0 Å². The molecule has 1 aliphatic rings. The molecular formula is C19H30ClN3O3S. The Hall–Kier alpha value is -1.41. The molecule has 1 heterocycles. The summed E-state index contributed by atoms with van der Waals surface area (Å²) in [6, 6.07) is 5.82. The minimum Gasteiger partial charge on any atom is -0.351 e. The summed E-state index contributed by atoms with van der Waals surface area (Å²) in [6.07, 6.45) is 3.40. The van der Waals surface area contributed by atoms with Crippen LogP contribution in [0.15, 0.2) is 40.8 Å². The zero-order valence-corrected chi connectivity index (χ0v) is 17.8. The van der Waals surface area contributed by atoms with Crippen molar-refractivity contribution in [2.24, 2.45) is 5.92 Å². The van der Waals surface area contributed by atoms with Crippen LogP contribution in [-0.2, 0) is 14.8 Å². The Morgan fingerprint density at radius 2 is 1.89 bits per heavy atom. The highest BCUT2D eigenvalue weighted by Crippen LogP contribution is 2.13. The predicted molar refractivity (Wildman–Crippen MR) is 111 cm³/mol. The van der Waals surface area contributed by atoms with E-state index < -0.39 is 16.1 Å². The molecule has 1 atom stereocenters. The van der Waals surface area contributed by atoms with Gasteiger partial charge < -0.3 is 10.6 Å². The van der Waals surface area contributed by atoms with Gasteiger partial charge in [-0.2, -0.15) is 4.72 Å². The second-order valence-electron chi connectivity index (χ2n) is 7.15. The summed E-state index contributed by atoms with van der Waals surface area (Å²) < 4.78 is 27.8. The van der Waals surface area contributed by atoms with E-state index in [2.05, 4.69) is 21.4 Å². The number of benzene rings is 1. The number of hydrogen-bond acceptors (Lipinski definition) is 4. The molecule has 0 fully saturated rings. The summed E-state index contributed by atoms with van der Waals surface area (Å²) in [7, 11) is -3.75. The lowest BCUT2D eigenvalue weighted by Gasteiger charge is -2.21. The third kappa shape index (κ3) is 7.62. The SMILES string of the molecule is Cc1ccc(S(=O)(=O)NC(CC(C)C)C(=O)NCC2=CCNCC2)cc1.Cl. The molecule has 0 saturated carbocycles. The van der Waals surface area contributed by atoms with Gasteiger partial charge in [0.1, 0.15) is 6.04 Å². The fraction of sp³-hybridized carbons (Fsp3) is 0.526. The largest absolute Gasteiger partial charge is 0.351 e. The molecule has 1 unspecified atom stereocenters. The van der Waals surface area contributed by atoms with Crippen molar-refractivity contribution in [3.05, 3.63) is 41.5 Å². The van der Waals surface area contributed by atoms with Gasteiger partial charge >= 0.3 is 0 Å². The molecule has 1 aliphatic heterocycles. The Bertz CT molecular complexity index is 746. The molecule has 6 nitrogen and oxygen atoms in total. The lowest BCUT2D eigenvalue weighted by molar-refractivity contribution is -0.122. The summed E-state index contributed by atoms with van der Waals surface area (Å²) in [4.78, 5) is 12.8. The van der Waals surface area contributed by atoms with Crippen LogP contribution in [0.5, 0.6) is 0 Å². The van der Waals surface area contributed by atoms with Gasteiger partial charge in [0.2, 0.25) is 15.9 Å². The second-order valence-corrected chi connectivity index (χ2v) is 8.86. The number of hydrogen-bond donors (Lipinski definition) is 3. The topological polar surface area (TPSA) is 87.3 Å². The third-order valence-corrected chi connectivity index (χ3v) is 5.79. The maximum Gasteiger partial charge on any atom is 0.241 e. The first kappa shape index (κ1) is 23.6. The number of aryl methyl sites for hydroxylation is 1. The van der Waals surface area contributed by atoms with Crippen LogP contribution in [0, 0.1) is 12.8 Å². The smallest absolute Gasteiger partial charge is 0.241 e. The van der Waals surface area contributed by atoms with Crippen LogP contribution >= 0.6 is 12.4 Å². The van der Waals surface area contributed by atoms with E-state index in [0.717, 1.165) is 25.1 Å². The molecular weight excluding hydrogens is 386 g/mol. The number of sulfonamides is 1. The van der Waals surface area contributed by atoms with Crippen molar-refractivity contribution in [2.45, 2.75) is 44.6 Å². The van der Waals surface area contributed by atoms with E-state index in [9.17, 15) is 13.2 Å². The molecule has 1 aromatic rings. The molecule has 27 heavy (non-hydrogen) atoms. The Kier molecular flexibility index (Phi) is 9.45. The number of carbonyl (C=O) groups is 1. The van der Waals surface area contributed by atoms with Crippen molar-refractivity contribution >= 4 is 28.3 Å². The molecule has 2 rings (SSSR count). The van der Waals surface area contributed by atoms with Gasteiger partial charge in [0.05, 0.1) is 4.90 Å². The molecule has 152 valence electrons. The summed E-state index contributed by atoms with van der Waals surface area (Å²) in [5.41, 5.74) is 2.15. The van der Waals surface area contributed by atoms with Crippen LogP contribution in [0.3, 0.4) is 0 Å². The molecule has 8 heteroatoms. The van der Waals surface area contributed by atoms with Crippen molar-refractivity contribution in [3.63, 3.8) is 0 Å². The molecule has 1 aromatic carbocycles. The summed E-state index contributed by atoms with van der Waals surface area (Å²) >= 11 is 0. The van der Waals surface area contributed by atoms with Gasteiger partial charge in [-0.3, -0.25) is 4.79 Å². The van der Waals surface area contributed by atoms with Crippen LogP contribution in [0.1, 0.15) is 32.3 Å². The molecule has 0 aromatic heterocycles. The van der Waals surface area contributed by atoms with E-state index in [-0.39, 0.29) is 29.1 Å². The first-order chi connectivity index (χ1) is 12.3. The summed E-state index contributed by atoms with van der Waals surface area (Å²) in [5, 5.41) is 6.10. The van der Waals surface area contributed by atoms with Crippen molar-refractivity contribution in [1.82, 2.24) is 15.4 Å². The molecule has 0 radical (unpaired) electrons. The van der Waals surface area contributed by atoms with Gasteiger partial charge in [0, 0.05) is 13.1 Å². The standard InChI is InChI=1S/C19H29N3O3S.ClH/c1-14(2)12-18(19(23)21-13-16-8-10-20-11-9-16)22-26(24,25)17-6-4-15(3)5-7-17;/h4-8,14,18,20,22H,9-13H2,1-3H3,(H,21,23);1H. The Morgan fingerprint density at radius 3 is 2.44 bits per heavy atom. The lowest BCUT2D eigenvalue weighted by atomic mass is 10.0. The second kappa shape index (κ2) is 10.8. The van der Waals surface area contributed by atoms with E-state index >= 15 is 0 Å². The van der Waals surface area contributed by atoms with Crippen molar-refractivity contribution in [2.75, 3.05) is 19.6 Å². The fourth-order valence-corrected chi connectivity index (χ4v) is 4.02. The average Bonchev–Trinajstić information content (AvgIpc) is 2.60. The minimum atomic E-state index is -3.75. The molecule has 3 N–H and O–H groups in total. The number of nitrogens with one attached hydrogen (secondary N) is 3. The van der Waals surface area contributed by atoms with Crippen molar-refractivity contribution in [1.29, 1.82) is 0 Å². The summed E-state index contributed by atoms with van der Waals surface area (Å²) in [6.45, 7) is 8.00. The van der Waals surface area contributed by atoms with Crippen LogP contribution in [0.2, 0.25) is 0 Å². The molecule has 0 bridgehead atoms. The maximum absolute atomic E-state index is 12.6. The van der Waals surface area contributed by atoms with Gasteiger partial charge in [-0.1, -0.05) is 43.2 Å². The normalized spacial score (nSPS) is 15.6.